The molecule has 0 saturated carbocycles. The number of hydrogen-bond donors (Lipinski definition) is 2. The Labute approximate surface area is 187 Å². The second-order valence-electron chi connectivity index (χ2n) is 9.96. The number of benzene rings is 2. The fourth-order valence-electron chi connectivity index (χ4n) is 4.98. The van der Waals surface area contributed by atoms with Gasteiger partial charge in [0.15, 0.2) is 0 Å². The molecule has 0 amide bonds. The van der Waals surface area contributed by atoms with Crippen molar-refractivity contribution < 1.29 is 14.6 Å². The van der Waals surface area contributed by atoms with Gasteiger partial charge < -0.3 is 19.9 Å². The van der Waals surface area contributed by atoms with Gasteiger partial charge in [0, 0.05) is 18.2 Å². The Morgan fingerprint density at radius 2 is 1.84 bits per heavy atom. The molecule has 0 aromatic heterocycles. The number of aliphatic hydroxyl groups is 1. The lowest BCUT2D eigenvalue weighted by molar-refractivity contribution is 0.0821. The van der Waals surface area contributed by atoms with Gasteiger partial charge in [-0.1, -0.05) is 24.3 Å². The van der Waals surface area contributed by atoms with Crippen LogP contribution in [0.5, 0.6) is 11.5 Å². The molecule has 0 spiro atoms. The summed E-state index contributed by atoms with van der Waals surface area (Å²) in [7, 11) is 0. The van der Waals surface area contributed by atoms with Gasteiger partial charge in [-0.3, -0.25) is 0 Å². The van der Waals surface area contributed by atoms with Crippen molar-refractivity contribution in [3.05, 3.63) is 57.6 Å². The molecule has 2 aromatic carbocycles. The zero-order valence-electron chi connectivity index (χ0n) is 19.7. The largest absolute Gasteiger partial charge is 0.490 e. The van der Waals surface area contributed by atoms with Gasteiger partial charge in [0.05, 0.1) is 0 Å². The molecule has 1 heterocycles. The highest BCUT2D eigenvalue weighted by Crippen LogP contribution is 2.43. The van der Waals surface area contributed by atoms with Crippen molar-refractivity contribution >= 4 is 0 Å². The monoisotopic (exact) mass is 423 g/mol. The number of fused-ring (bicyclic) bond motifs is 2. The van der Waals surface area contributed by atoms with Crippen LogP contribution in [-0.2, 0) is 19.3 Å². The summed E-state index contributed by atoms with van der Waals surface area (Å²) in [5.74, 6) is 1.93. The molecule has 4 rings (SSSR count). The summed E-state index contributed by atoms with van der Waals surface area (Å²) in [6, 6.07) is 9.09. The lowest BCUT2D eigenvalue weighted by Gasteiger charge is -2.35. The van der Waals surface area contributed by atoms with Crippen molar-refractivity contribution in [3.8, 4) is 11.5 Å². The Bertz CT molecular complexity index is 950. The Hall–Kier alpha value is -2.04. The third-order valence-electron chi connectivity index (χ3n) is 7.08. The minimum absolute atomic E-state index is 0.124. The summed E-state index contributed by atoms with van der Waals surface area (Å²) in [4.78, 5) is 0. The Kier molecular flexibility index (Phi) is 6.32. The fraction of sp³-hybridized carbons (Fsp3) is 0.556. The average Bonchev–Trinajstić information content (AvgIpc) is 2.75. The standard InChI is InChI=1S/C27H37NO3/c1-17-18(2)26-24(12-13-27(4,5)31-26)19(3)25(17)30-16-23(29)15-28-22-11-10-20-8-6-7-9-21(20)14-22/h6-9,22-23,28-29H,10-16H2,1-5H3. The van der Waals surface area contributed by atoms with Crippen molar-refractivity contribution in [2.24, 2.45) is 0 Å². The van der Waals surface area contributed by atoms with Crippen LogP contribution < -0.4 is 14.8 Å². The highest BCUT2D eigenvalue weighted by atomic mass is 16.5. The van der Waals surface area contributed by atoms with Gasteiger partial charge >= 0.3 is 0 Å². The topological polar surface area (TPSA) is 50.7 Å². The first kappa shape index (κ1) is 22.2. The van der Waals surface area contributed by atoms with Crippen molar-refractivity contribution in [3.63, 3.8) is 0 Å². The Morgan fingerprint density at radius 1 is 1.10 bits per heavy atom. The Balaban J connectivity index is 1.36. The predicted molar refractivity (Wildman–Crippen MR) is 125 cm³/mol. The molecule has 0 saturated heterocycles. The molecule has 1 aliphatic heterocycles. The molecular weight excluding hydrogens is 386 g/mol. The summed E-state index contributed by atoms with van der Waals surface area (Å²) < 4.78 is 12.5. The number of ether oxygens (including phenoxy) is 2. The van der Waals surface area contributed by atoms with E-state index < -0.39 is 6.10 Å². The number of aliphatic hydroxyl groups excluding tert-OH is 1. The molecule has 2 aromatic rings. The van der Waals surface area contributed by atoms with Crippen LogP contribution in [0, 0.1) is 20.8 Å². The molecule has 0 radical (unpaired) electrons. The molecule has 2 unspecified atom stereocenters. The molecule has 168 valence electrons. The van der Waals surface area contributed by atoms with E-state index in [9.17, 15) is 5.11 Å². The maximum absolute atomic E-state index is 10.6. The SMILES string of the molecule is Cc1c(C)c2c(c(C)c1OCC(O)CNC1CCc3ccccc3C1)CCC(C)(C)O2. The van der Waals surface area contributed by atoms with Gasteiger partial charge in [0.1, 0.15) is 29.8 Å². The van der Waals surface area contributed by atoms with Crippen LogP contribution in [0.25, 0.3) is 0 Å². The molecule has 0 fully saturated rings. The highest BCUT2D eigenvalue weighted by molar-refractivity contribution is 5.59. The van der Waals surface area contributed by atoms with E-state index in [1.54, 1.807) is 0 Å². The number of aryl methyl sites for hydroxylation is 1. The maximum atomic E-state index is 10.6. The predicted octanol–water partition coefficient (Wildman–Crippen LogP) is 4.60. The molecule has 4 heteroatoms. The van der Waals surface area contributed by atoms with Crippen LogP contribution in [0.3, 0.4) is 0 Å². The molecule has 2 atom stereocenters. The van der Waals surface area contributed by atoms with E-state index >= 15 is 0 Å². The average molecular weight is 424 g/mol. The van der Waals surface area contributed by atoms with E-state index in [0.29, 0.717) is 19.2 Å². The van der Waals surface area contributed by atoms with Crippen molar-refractivity contribution in [1.82, 2.24) is 5.32 Å². The van der Waals surface area contributed by atoms with Crippen LogP contribution in [-0.4, -0.2) is 36.0 Å². The number of rotatable bonds is 6. The normalized spacial score (nSPS) is 20.4. The van der Waals surface area contributed by atoms with Crippen molar-refractivity contribution in [2.45, 2.75) is 84.5 Å². The van der Waals surface area contributed by atoms with E-state index in [2.05, 4.69) is 64.2 Å². The smallest absolute Gasteiger partial charge is 0.127 e. The van der Waals surface area contributed by atoms with E-state index in [1.165, 1.54) is 16.7 Å². The summed E-state index contributed by atoms with van der Waals surface area (Å²) in [6.07, 6.45) is 4.71. The maximum Gasteiger partial charge on any atom is 0.127 e. The second-order valence-corrected chi connectivity index (χ2v) is 9.96. The van der Waals surface area contributed by atoms with Gasteiger partial charge in [-0.05, 0) is 94.5 Å². The summed E-state index contributed by atoms with van der Waals surface area (Å²) in [6.45, 7) is 11.5. The first-order valence-electron chi connectivity index (χ1n) is 11.7. The second kappa shape index (κ2) is 8.84. The van der Waals surface area contributed by atoms with Crippen LogP contribution >= 0.6 is 0 Å². The zero-order chi connectivity index (χ0) is 22.2. The van der Waals surface area contributed by atoms with E-state index in [1.807, 2.05) is 0 Å². The molecule has 2 N–H and O–H groups in total. The first-order valence-corrected chi connectivity index (χ1v) is 11.7. The highest BCUT2D eigenvalue weighted by Gasteiger charge is 2.31. The van der Waals surface area contributed by atoms with Gasteiger partial charge in [0.25, 0.3) is 0 Å². The van der Waals surface area contributed by atoms with Crippen LogP contribution in [0.4, 0.5) is 0 Å². The number of nitrogens with one attached hydrogen (secondary N) is 1. The van der Waals surface area contributed by atoms with Gasteiger partial charge in [0.2, 0.25) is 0 Å². The van der Waals surface area contributed by atoms with Crippen LogP contribution in [0.15, 0.2) is 24.3 Å². The van der Waals surface area contributed by atoms with Crippen molar-refractivity contribution in [1.29, 1.82) is 0 Å². The molecule has 2 aliphatic rings. The van der Waals surface area contributed by atoms with E-state index in [-0.39, 0.29) is 5.60 Å². The van der Waals surface area contributed by atoms with E-state index in [4.69, 9.17) is 9.47 Å². The molecule has 4 nitrogen and oxygen atoms in total. The lowest BCUT2D eigenvalue weighted by Crippen LogP contribution is -2.41. The van der Waals surface area contributed by atoms with Gasteiger partial charge in [-0.2, -0.15) is 0 Å². The van der Waals surface area contributed by atoms with Crippen molar-refractivity contribution in [2.75, 3.05) is 13.2 Å². The third kappa shape index (κ3) is 4.75. The molecule has 31 heavy (non-hydrogen) atoms. The van der Waals surface area contributed by atoms with Gasteiger partial charge in [-0.25, -0.2) is 0 Å². The van der Waals surface area contributed by atoms with Gasteiger partial charge in [-0.15, -0.1) is 0 Å². The minimum atomic E-state index is -0.539. The van der Waals surface area contributed by atoms with Crippen LogP contribution in [0.1, 0.15) is 60.1 Å². The van der Waals surface area contributed by atoms with E-state index in [0.717, 1.165) is 60.3 Å². The zero-order valence-corrected chi connectivity index (χ0v) is 19.7. The lowest BCUT2D eigenvalue weighted by atomic mass is 9.88. The molecule has 1 aliphatic carbocycles. The Morgan fingerprint density at radius 3 is 2.61 bits per heavy atom. The summed E-state index contributed by atoms with van der Waals surface area (Å²) >= 11 is 0. The third-order valence-corrected chi connectivity index (χ3v) is 7.08. The fourth-order valence-corrected chi connectivity index (χ4v) is 4.98. The first-order chi connectivity index (χ1) is 14.7. The minimum Gasteiger partial charge on any atom is -0.490 e. The summed E-state index contributed by atoms with van der Waals surface area (Å²) in [5.41, 5.74) is 7.43. The number of hydrogen-bond acceptors (Lipinski definition) is 4. The quantitative estimate of drug-likeness (QED) is 0.713. The van der Waals surface area contributed by atoms with Crippen LogP contribution in [0.2, 0.25) is 0 Å². The molecular formula is C27H37NO3. The molecule has 0 bridgehead atoms. The summed E-state index contributed by atoms with van der Waals surface area (Å²) in [5, 5.41) is 14.1.